The summed E-state index contributed by atoms with van der Waals surface area (Å²) in [6.45, 7) is 0.996. The monoisotopic (exact) mass is 429 g/mol. The standard InChI is InChI=1S/C21H23N3O5S/c25-21(17-5-8-19(9-6-17)24(26)27)22-11-13-23(14-12-22)30(28,29)20-10-7-16-3-1-2-4-18(16)15-20/h5-10,15H,1-4,11-14H2. The van der Waals surface area contributed by atoms with E-state index >= 15 is 0 Å². The summed E-state index contributed by atoms with van der Waals surface area (Å²) in [5.41, 5.74) is 2.63. The molecule has 0 N–H and O–H groups in total. The number of nitro benzene ring substituents is 1. The molecular formula is C21H23N3O5S. The minimum Gasteiger partial charge on any atom is -0.336 e. The van der Waals surface area contributed by atoms with E-state index in [-0.39, 0.29) is 37.8 Å². The first kappa shape index (κ1) is 20.5. The van der Waals surface area contributed by atoms with Crippen LogP contribution in [0.25, 0.3) is 0 Å². The Balaban J connectivity index is 1.43. The van der Waals surface area contributed by atoms with E-state index in [1.54, 1.807) is 17.0 Å². The number of benzene rings is 2. The first-order chi connectivity index (χ1) is 14.4. The molecule has 0 radical (unpaired) electrons. The van der Waals surface area contributed by atoms with Crippen molar-refractivity contribution in [2.24, 2.45) is 0 Å². The normalized spacial score (nSPS) is 17.4. The number of nitro groups is 1. The maximum Gasteiger partial charge on any atom is 0.269 e. The summed E-state index contributed by atoms with van der Waals surface area (Å²) >= 11 is 0. The molecule has 0 unspecified atom stereocenters. The number of rotatable bonds is 4. The highest BCUT2D eigenvalue weighted by Crippen LogP contribution is 2.26. The molecule has 2 aromatic carbocycles. The van der Waals surface area contributed by atoms with Crippen LogP contribution in [0.3, 0.4) is 0 Å². The molecule has 9 heteroatoms. The van der Waals surface area contributed by atoms with Crippen molar-refractivity contribution in [3.63, 3.8) is 0 Å². The fourth-order valence-corrected chi connectivity index (χ4v) is 5.53. The van der Waals surface area contributed by atoms with Gasteiger partial charge in [0.05, 0.1) is 9.82 Å². The molecule has 8 nitrogen and oxygen atoms in total. The molecule has 1 saturated heterocycles. The third-order valence-corrected chi connectivity index (χ3v) is 7.70. The van der Waals surface area contributed by atoms with E-state index < -0.39 is 14.9 Å². The number of fused-ring (bicyclic) bond motifs is 1. The van der Waals surface area contributed by atoms with E-state index in [0.717, 1.165) is 31.2 Å². The van der Waals surface area contributed by atoms with Gasteiger partial charge in [-0.05, 0) is 61.1 Å². The van der Waals surface area contributed by atoms with Gasteiger partial charge in [0.25, 0.3) is 11.6 Å². The van der Waals surface area contributed by atoms with Crippen LogP contribution in [-0.2, 0) is 22.9 Å². The Morgan fingerprint density at radius 3 is 2.17 bits per heavy atom. The van der Waals surface area contributed by atoms with Gasteiger partial charge in [0.15, 0.2) is 0 Å². The lowest BCUT2D eigenvalue weighted by Crippen LogP contribution is -2.50. The minimum absolute atomic E-state index is 0.0764. The van der Waals surface area contributed by atoms with E-state index in [1.165, 1.54) is 34.1 Å². The number of hydrogen-bond acceptors (Lipinski definition) is 5. The van der Waals surface area contributed by atoms with Gasteiger partial charge in [-0.3, -0.25) is 14.9 Å². The molecule has 0 saturated carbocycles. The number of aryl methyl sites for hydroxylation is 2. The first-order valence-electron chi connectivity index (χ1n) is 10.0. The van der Waals surface area contributed by atoms with E-state index in [0.29, 0.717) is 10.5 Å². The first-order valence-corrected chi connectivity index (χ1v) is 11.5. The van der Waals surface area contributed by atoms with Crippen molar-refractivity contribution < 1.29 is 18.1 Å². The molecule has 2 aliphatic rings. The second kappa shape index (κ2) is 8.16. The highest BCUT2D eigenvalue weighted by atomic mass is 32.2. The molecule has 0 bridgehead atoms. The highest BCUT2D eigenvalue weighted by molar-refractivity contribution is 7.89. The van der Waals surface area contributed by atoms with Crippen LogP contribution in [0.4, 0.5) is 5.69 Å². The molecule has 1 aliphatic heterocycles. The quantitative estimate of drug-likeness (QED) is 0.549. The summed E-state index contributed by atoms with van der Waals surface area (Å²) in [6.07, 6.45) is 4.14. The fraction of sp³-hybridized carbons (Fsp3) is 0.381. The molecule has 4 rings (SSSR count). The minimum atomic E-state index is -3.60. The maximum atomic E-state index is 13.1. The van der Waals surface area contributed by atoms with Crippen molar-refractivity contribution in [1.29, 1.82) is 0 Å². The summed E-state index contributed by atoms with van der Waals surface area (Å²) in [5, 5.41) is 10.8. The maximum absolute atomic E-state index is 13.1. The predicted molar refractivity (Wildman–Crippen MR) is 111 cm³/mol. The Morgan fingerprint density at radius 2 is 1.53 bits per heavy atom. The predicted octanol–water partition coefficient (Wildman–Crippen LogP) is 2.62. The smallest absolute Gasteiger partial charge is 0.269 e. The fourth-order valence-electron chi connectivity index (χ4n) is 4.06. The van der Waals surface area contributed by atoms with Gasteiger partial charge in [-0.25, -0.2) is 8.42 Å². The van der Waals surface area contributed by atoms with Gasteiger partial charge in [-0.15, -0.1) is 0 Å². The molecule has 1 fully saturated rings. The number of carbonyl (C=O) groups is 1. The van der Waals surface area contributed by atoms with Gasteiger partial charge < -0.3 is 4.90 Å². The molecule has 0 spiro atoms. The second-order valence-electron chi connectivity index (χ2n) is 7.64. The summed E-state index contributed by atoms with van der Waals surface area (Å²) in [6, 6.07) is 10.9. The van der Waals surface area contributed by atoms with Crippen LogP contribution in [0.2, 0.25) is 0 Å². The number of non-ortho nitro benzene ring substituents is 1. The number of piperazine rings is 1. The molecular weight excluding hydrogens is 406 g/mol. The SMILES string of the molecule is O=C(c1ccc([N+](=O)[O-])cc1)N1CCN(S(=O)(=O)c2ccc3c(c2)CCCC3)CC1. The van der Waals surface area contributed by atoms with Crippen molar-refractivity contribution >= 4 is 21.6 Å². The Labute approximate surface area is 175 Å². The molecule has 0 aromatic heterocycles. The lowest BCUT2D eigenvalue weighted by atomic mass is 9.92. The van der Waals surface area contributed by atoms with Crippen LogP contribution in [0.5, 0.6) is 0 Å². The van der Waals surface area contributed by atoms with E-state index in [2.05, 4.69) is 0 Å². The summed E-state index contributed by atoms with van der Waals surface area (Å²) in [5.74, 6) is -0.254. The number of sulfonamides is 1. The van der Waals surface area contributed by atoms with Gasteiger partial charge in [-0.1, -0.05) is 6.07 Å². The van der Waals surface area contributed by atoms with Gasteiger partial charge in [0.2, 0.25) is 10.0 Å². The van der Waals surface area contributed by atoms with Gasteiger partial charge in [-0.2, -0.15) is 4.31 Å². The third-order valence-electron chi connectivity index (χ3n) is 5.81. The largest absolute Gasteiger partial charge is 0.336 e. The lowest BCUT2D eigenvalue weighted by molar-refractivity contribution is -0.384. The Bertz CT molecular complexity index is 1070. The van der Waals surface area contributed by atoms with Crippen LogP contribution in [0.15, 0.2) is 47.4 Å². The van der Waals surface area contributed by atoms with Gasteiger partial charge in [0.1, 0.15) is 0 Å². The average Bonchev–Trinajstić information content (AvgIpc) is 2.78. The van der Waals surface area contributed by atoms with Crippen LogP contribution >= 0.6 is 0 Å². The molecule has 1 amide bonds. The van der Waals surface area contributed by atoms with Crippen LogP contribution in [-0.4, -0.2) is 54.6 Å². The lowest BCUT2D eigenvalue weighted by Gasteiger charge is -2.34. The molecule has 1 aliphatic carbocycles. The molecule has 1 heterocycles. The van der Waals surface area contributed by atoms with Gasteiger partial charge in [0, 0.05) is 43.9 Å². The summed E-state index contributed by atoms with van der Waals surface area (Å²) in [7, 11) is -3.60. The highest BCUT2D eigenvalue weighted by Gasteiger charge is 2.31. The zero-order chi connectivity index (χ0) is 21.3. The number of nitrogens with zero attached hydrogens (tertiary/aromatic N) is 3. The molecule has 30 heavy (non-hydrogen) atoms. The van der Waals surface area contributed by atoms with Crippen molar-refractivity contribution in [2.45, 2.75) is 30.6 Å². The van der Waals surface area contributed by atoms with E-state index in [1.807, 2.05) is 6.07 Å². The van der Waals surface area contributed by atoms with Crippen LogP contribution in [0, 0.1) is 10.1 Å². The molecule has 158 valence electrons. The zero-order valence-corrected chi connectivity index (χ0v) is 17.3. The third kappa shape index (κ3) is 3.95. The number of hydrogen-bond donors (Lipinski definition) is 0. The Kier molecular flexibility index (Phi) is 5.57. The Morgan fingerprint density at radius 1 is 0.900 bits per heavy atom. The van der Waals surface area contributed by atoms with Crippen molar-refractivity contribution in [3.05, 3.63) is 69.3 Å². The molecule has 0 atom stereocenters. The van der Waals surface area contributed by atoms with Crippen LogP contribution < -0.4 is 0 Å². The van der Waals surface area contributed by atoms with Crippen LogP contribution in [0.1, 0.15) is 34.3 Å². The average molecular weight is 429 g/mol. The van der Waals surface area contributed by atoms with Crippen molar-refractivity contribution in [1.82, 2.24) is 9.21 Å². The second-order valence-corrected chi connectivity index (χ2v) is 9.58. The zero-order valence-electron chi connectivity index (χ0n) is 16.5. The Hall–Kier alpha value is -2.78. The number of carbonyl (C=O) groups excluding carboxylic acids is 1. The number of amides is 1. The molecule has 2 aromatic rings. The van der Waals surface area contributed by atoms with Crippen molar-refractivity contribution in [3.8, 4) is 0 Å². The van der Waals surface area contributed by atoms with E-state index in [4.69, 9.17) is 0 Å². The van der Waals surface area contributed by atoms with Crippen molar-refractivity contribution in [2.75, 3.05) is 26.2 Å². The summed E-state index contributed by atoms with van der Waals surface area (Å²) in [4.78, 5) is 24.8. The van der Waals surface area contributed by atoms with Gasteiger partial charge >= 0.3 is 0 Å². The summed E-state index contributed by atoms with van der Waals surface area (Å²) < 4.78 is 27.6. The van der Waals surface area contributed by atoms with E-state index in [9.17, 15) is 23.3 Å². The topological polar surface area (TPSA) is 101 Å².